The van der Waals surface area contributed by atoms with E-state index in [0.29, 0.717) is 6.07 Å². The molecular weight excluding hydrogens is 301 g/mol. The van der Waals surface area contributed by atoms with E-state index in [1.165, 1.54) is 0 Å². The van der Waals surface area contributed by atoms with Crippen molar-refractivity contribution >= 4 is 11.7 Å². The molecule has 4 nitrogen and oxygen atoms in total. The van der Waals surface area contributed by atoms with Crippen molar-refractivity contribution in [1.82, 2.24) is 0 Å². The number of oxime groups is 1. The summed E-state index contributed by atoms with van der Waals surface area (Å²) >= 11 is 0. The van der Waals surface area contributed by atoms with Gasteiger partial charge in [0.2, 0.25) is 0 Å². The molecule has 0 saturated carbocycles. The monoisotopic (exact) mass is 309 g/mol. The van der Waals surface area contributed by atoms with Crippen LogP contribution in [0.15, 0.2) is 23.4 Å². The number of rotatable bonds is 2. The van der Waals surface area contributed by atoms with E-state index in [1.54, 1.807) is 0 Å². The summed E-state index contributed by atoms with van der Waals surface area (Å²) in [4.78, 5) is 15.7. The summed E-state index contributed by atoms with van der Waals surface area (Å²) in [5.41, 5.74) is -3.96. The summed E-state index contributed by atoms with van der Waals surface area (Å²) in [6, 6.07) is 2.13. The first-order valence-electron chi connectivity index (χ1n) is 5.56. The molecule has 0 bridgehead atoms. The van der Waals surface area contributed by atoms with Crippen LogP contribution >= 0.6 is 0 Å². The maximum absolute atomic E-state index is 13.1. The lowest BCUT2D eigenvalue weighted by molar-refractivity contribution is -0.268. The van der Waals surface area contributed by atoms with E-state index in [2.05, 4.69) is 14.7 Å². The van der Waals surface area contributed by atoms with E-state index < -0.39 is 41.5 Å². The molecule has 21 heavy (non-hydrogen) atoms. The molecule has 9 heteroatoms. The first-order chi connectivity index (χ1) is 9.69. The van der Waals surface area contributed by atoms with Crippen molar-refractivity contribution in [2.45, 2.75) is 18.2 Å². The van der Waals surface area contributed by atoms with E-state index in [-0.39, 0.29) is 5.56 Å². The van der Waals surface area contributed by atoms with Gasteiger partial charge in [0.1, 0.15) is 11.6 Å². The molecule has 2 rings (SSSR count). The van der Waals surface area contributed by atoms with Crippen LogP contribution in [0, 0.1) is 11.6 Å². The molecule has 0 aliphatic carbocycles. The number of esters is 1. The summed E-state index contributed by atoms with van der Waals surface area (Å²) in [5, 5.41) is 3.14. The lowest BCUT2D eigenvalue weighted by Crippen LogP contribution is -2.52. The Balaban J connectivity index is 2.38. The Morgan fingerprint density at radius 1 is 1.29 bits per heavy atom. The standard InChI is InChI=1S/C12H8F5NO3/c1-20-10(19)11(12(15,16)17)5-9(18-21-11)6-2-7(13)4-8(14)3-6/h2-4H,5H2,1H3. The molecule has 1 unspecified atom stereocenters. The van der Waals surface area contributed by atoms with Gasteiger partial charge in [-0.05, 0) is 12.1 Å². The lowest BCUT2D eigenvalue weighted by Gasteiger charge is -2.25. The number of carbonyl (C=O) groups is 1. The highest BCUT2D eigenvalue weighted by Crippen LogP contribution is 2.42. The quantitative estimate of drug-likeness (QED) is 0.623. The van der Waals surface area contributed by atoms with Gasteiger partial charge in [0, 0.05) is 11.6 Å². The fourth-order valence-electron chi connectivity index (χ4n) is 1.85. The molecule has 1 aliphatic heterocycles. The molecule has 0 N–H and O–H groups in total. The van der Waals surface area contributed by atoms with Gasteiger partial charge in [-0.25, -0.2) is 13.6 Å². The number of nitrogens with zero attached hydrogens (tertiary/aromatic N) is 1. The van der Waals surface area contributed by atoms with E-state index >= 15 is 0 Å². The van der Waals surface area contributed by atoms with E-state index in [9.17, 15) is 26.7 Å². The van der Waals surface area contributed by atoms with Crippen molar-refractivity contribution in [3.8, 4) is 0 Å². The Hall–Kier alpha value is -2.19. The van der Waals surface area contributed by atoms with Crippen molar-refractivity contribution in [3.63, 3.8) is 0 Å². The Morgan fingerprint density at radius 3 is 2.33 bits per heavy atom. The molecule has 0 saturated heterocycles. The zero-order chi connectivity index (χ0) is 15.8. The Labute approximate surface area is 115 Å². The minimum absolute atomic E-state index is 0.248. The van der Waals surface area contributed by atoms with Crippen LogP contribution in [0.25, 0.3) is 0 Å². The zero-order valence-corrected chi connectivity index (χ0v) is 10.5. The maximum atomic E-state index is 13.1. The minimum Gasteiger partial charge on any atom is -0.466 e. The van der Waals surface area contributed by atoms with Crippen LogP contribution in [0.4, 0.5) is 22.0 Å². The van der Waals surface area contributed by atoms with Gasteiger partial charge in [-0.2, -0.15) is 13.2 Å². The average Bonchev–Trinajstić information content (AvgIpc) is 2.82. The van der Waals surface area contributed by atoms with Crippen LogP contribution in [0.3, 0.4) is 0 Å². The third-order valence-electron chi connectivity index (χ3n) is 2.90. The Kier molecular flexibility index (Phi) is 3.60. The number of alkyl halides is 3. The van der Waals surface area contributed by atoms with Crippen molar-refractivity contribution in [2.75, 3.05) is 7.11 Å². The smallest absolute Gasteiger partial charge is 0.442 e. The van der Waals surface area contributed by atoms with Gasteiger partial charge in [0.05, 0.1) is 19.2 Å². The van der Waals surface area contributed by atoms with Gasteiger partial charge in [0.25, 0.3) is 0 Å². The summed E-state index contributed by atoms with van der Waals surface area (Å²) in [6.07, 6.45) is -6.14. The van der Waals surface area contributed by atoms with Crippen molar-refractivity contribution in [2.24, 2.45) is 5.16 Å². The SMILES string of the molecule is COC(=O)C1(C(F)(F)F)CC(c2cc(F)cc(F)c2)=NO1. The number of hydrogen-bond acceptors (Lipinski definition) is 4. The summed E-state index contributed by atoms with van der Waals surface area (Å²) < 4.78 is 69.4. The summed E-state index contributed by atoms with van der Waals surface area (Å²) in [7, 11) is 0.763. The fraction of sp³-hybridized carbons (Fsp3) is 0.333. The molecule has 1 aliphatic rings. The number of ether oxygens (including phenoxy) is 1. The van der Waals surface area contributed by atoms with Gasteiger partial charge < -0.3 is 9.57 Å². The normalized spacial score (nSPS) is 21.7. The number of carbonyl (C=O) groups excluding carboxylic acids is 1. The fourth-order valence-corrected chi connectivity index (χ4v) is 1.85. The van der Waals surface area contributed by atoms with Crippen molar-refractivity contribution < 1.29 is 36.3 Å². The number of methoxy groups -OCH3 is 1. The van der Waals surface area contributed by atoms with Crippen molar-refractivity contribution in [1.29, 1.82) is 0 Å². The van der Waals surface area contributed by atoms with Crippen LogP contribution in [-0.4, -0.2) is 30.6 Å². The highest BCUT2D eigenvalue weighted by molar-refractivity contribution is 6.05. The van der Waals surface area contributed by atoms with Gasteiger partial charge in [-0.15, -0.1) is 0 Å². The highest BCUT2D eigenvalue weighted by Gasteiger charge is 2.67. The average molecular weight is 309 g/mol. The van der Waals surface area contributed by atoms with Crippen LogP contribution in [-0.2, 0) is 14.4 Å². The van der Waals surface area contributed by atoms with E-state index in [0.717, 1.165) is 19.2 Å². The molecule has 0 fully saturated rings. The second-order valence-electron chi connectivity index (χ2n) is 4.28. The van der Waals surface area contributed by atoms with Crippen LogP contribution in [0.5, 0.6) is 0 Å². The minimum atomic E-state index is -5.10. The first kappa shape index (κ1) is 15.2. The molecule has 0 aromatic heterocycles. The van der Waals surface area contributed by atoms with Crippen LogP contribution in [0.1, 0.15) is 12.0 Å². The topological polar surface area (TPSA) is 47.9 Å². The maximum Gasteiger partial charge on any atom is 0.442 e. The summed E-state index contributed by atoms with van der Waals surface area (Å²) in [6.45, 7) is 0. The molecule has 1 aromatic rings. The molecule has 0 radical (unpaired) electrons. The van der Waals surface area contributed by atoms with E-state index in [1.807, 2.05) is 0 Å². The third-order valence-corrected chi connectivity index (χ3v) is 2.90. The number of benzene rings is 1. The second-order valence-corrected chi connectivity index (χ2v) is 4.28. The van der Waals surface area contributed by atoms with E-state index in [4.69, 9.17) is 0 Å². The summed E-state index contributed by atoms with van der Waals surface area (Å²) in [5.74, 6) is -3.67. The van der Waals surface area contributed by atoms with Crippen molar-refractivity contribution in [3.05, 3.63) is 35.4 Å². The Morgan fingerprint density at radius 2 is 1.86 bits per heavy atom. The Bertz CT molecular complexity index is 593. The van der Waals surface area contributed by atoms with Crippen LogP contribution in [0.2, 0.25) is 0 Å². The molecule has 114 valence electrons. The largest absolute Gasteiger partial charge is 0.466 e. The lowest BCUT2D eigenvalue weighted by atomic mass is 9.93. The molecule has 1 aromatic carbocycles. The molecule has 0 spiro atoms. The van der Waals surface area contributed by atoms with Gasteiger partial charge in [-0.3, -0.25) is 0 Å². The predicted molar refractivity (Wildman–Crippen MR) is 59.4 cm³/mol. The zero-order valence-electron chi connectivity index (χ0n) is 10.5. The van der Waals surface area contributed by atoms with Crippen LogP contribution < -0.4 is 0 Å². The second kappa shape index (κ2) is 4.97. The van der Waals surface area contributed by atoms with Gasteiger partial charge >= 0.3 is 17.7 Å². The highest BCUT2D eigenvalue weighted by atomic mass is 19.4. The van der Waals surface area contributed by atoms with Gasteiger partial charge in [0.15, 0.2) is 0 Å². The number of halogens is 5. The predicted octanol–water partition coefficient (Wildman–Crippen LogP) is 2.56. The van der Waals surface area contributed by atoms with Gasteiger partial charge in [-0.1, -0.05) is 5.16 Å². The molecule has 0 amide bonds. The molecule has 1 heterocycles. The molecular formula is C12H8F5NO3. The third kappa shape index (κ3) is 2.55. The number of hydrogen-bond donors (Lipinski definition) is 0. The molecule has 1 atom stereocenters. The first-order valence-corrected chi connectivity index (χ1v) is 5.56.